The van der Waals surface area contributed by atoms with E-state index in [2.05, 4.69) is 0 Å². The number of carboxylic acid groups (broad SMARTS) is 1. The van der Waals surface area contributed by atoms with E-state index in [1.54, 1.807) is 6.07 Å². The van der Waals surface area contributed by atoms with Crippen molar-refractivity contribution in [1.29, 1.82) is 0 Å². The van der Waals surface area contributed by atoms with Crippen molar-refractivity contribution in [2.24, 2.45) is 5.92 Å². The second-order valence-electron chi connectivity index (χ2n) is 3.63. The summed E-state index contributed by atoms with van der Waals surface area (Å²) in [5.74, 6) is -0.477. The quantitative estimate of drug-likeness (QED) is 0.770. The summed E-state index contributed by atoms with van der Waals surface area (Å²) in [6.45, 7) is 0. The Labute approximate surface area is 85.3 Å². The first-order valence-corrected chi connectivity index (χ1v) is 4.76. The highest BCUT2D eigenvalue weighted by Gasteiger charge is 2.63. The zero-order valence-electron chi connectivity index (χ0n) is 7.11. The molecule has 0 spiro atoms. The fourth-order valence-electron chi connectivity index (χ4n) is 2.14. The lowest BCUT2D eigenvalue weighted by atomic mass is 10.1. The van der Waals surface area contributed by atoms with Gasteiger partial charge in [-0.05, 0) is 6.07 Å². The number of benzene rings is 1. The van der Waals surface area contributed by atoms with Crippen LogP contribution >= 0.6 is 11.6 Å². The number of para-hydroxylation sites is 1. The lowest BCUT2D eigenvalue weighted by Crippen LogP contribution is -2.08. The second-order valence-corrected chi connectivity index (χ2v) is 4.04. The van der Waals surface area contributed by atoms with Gasteiger partial charge in [-0.25, -0.2) is 0 Å². The smallest absolute Gasteiger partial charge is 0.311 e. The molecule has 14 heavy (non-hydrogen) atoms. The monoisotopic (exact) mass is 210 g/mol. The highest BCUT2D eigenvalue weighted by Crippen LogP contribution is 2.59. The average molecular weight is 211 g/mol. The van der Waals surface area contributed by atoms with Crippen LogP contribution in [0.1, 0.15) is 11.5 Å². The topological polar surface area (TPSA) is 46.5 Å². The van der Waals surface area contributed by atoms with Crippen molar-refractivity contribution in [1.82, 2.24) is 0 Å². The molecule has 0 unspecified atom stereocenters. The molecule has 1 saturated carbocycles. The van der Waals surface area contributed by atoms with Crippen LogP contribution in [0.4, 0.5) is 0 Å². The number of rotatable bonds is 1. The molecule has 3 nitrogen and oxygen atoms in total. The van der Waals surface area contributed by atoms with Crippen LogP contribution in [0.15, 0.2) is 18.2 Å². The Morgan fingerprint density at radius 1 is 1.50 bits per heavy atom. The number of fused-ring (bicyclic) bond motifs is 3. The van der Waals surface area contributed by atoms with Gasteiger partial charge in [0.25, 0.3) is 0 Å². The lowest BCUT2D eigenvalue weighted by molar-refractivity contribution is -0.139. The van der Waals surface area contributed by atoms with Gasteiger partial charge in [0.1, 0.15) is 17.8 Å². The SMILES string of the molecule is O=C(O)[C@H]1[C@@H]2Oc3c(Cl)cccc3[C@@H]21. The molecule has 1 aromatic carbocycles. The number of hydrogen-bond acceptors (Lipinski definition) is 2. The van der Waals surface area contributed by atoms with E-state index in [0.717, 1.165) is 5.56 Å². The molecule has 1 aliphatic heterocycles. The highest BCUT2D eigenvalue weighted by atomic mass is 35.5. The Hall–Kier alpha value is -1.22. The minimum absolute atomic E-state index is 0.0150. The van der Waals surface area contributed by atoms with Crippen LogP contribution in [0.5, 0.6) is 5.75 Å². The van der Waals surface area contributed by atoms with Gasteiger partial charge in [-0.15, -0.1) is 0 Å². The first-order valence-electron chi connectivity index (χ1n) is 4.38. The number of carbonyl (C=O) groups is 1. The van der Waals surface area contributed by atoms with E-state index in [0.29, 0.717) is 10.8 Å². The predicted molar refractivity (Wildman–Crippen MR) is 49.7 cm³/mol. The van der Waals surface area contributed by atoms with Crippen LogP contribution in [-0.4, -0.2) is 17.2 Å². The number of halogens is 1. The van der Waals surface area contributed by atoms with Crippen molar-refractivity contribution in [3.8, 4) is 5.75 Å². The van der Waals surface area contributed by atoms with E-state index in [9.17, 15) is 4.79 Å². The highest BCUT2D eigenvalue weighted by molar-refractivity contribution is 6.32. The van der Waals surface area contributed by atoms with Crippen molar-refractivity contribution >= 4 is 17.6 Å². The van der Waals surface area contributed by atoms with Crippen LogP contribution in [0.3, 0.4) is 0 Å². The van der Waals surface area contributed by atoms with Crippen molar-refractivity contribution in [2.45, 2.75) is 12.0 Å². The van der Waals surface area contributed by atoms with Crippen LogP contribution in [0.25, 0.3) is 0 Å². The molecule has 0 aromatic heterocycles. The molecule has 0 bridgehead atoms. The van der Waals surface area contributed by atoms with E-state index in [1.165, 1.54) is 0 Å². The fourth-order valence-corrected chi connectivity index (χ4v) is 2.37. The maximum Gasteiger partial charge on any atom is 0.311 e. The molecular formula is C10H7ClO3. The van der Waals surface area contributed by atoms with Gasteiger partial charge < -0.3 is 9.84 Å². The summed E-state index contributed by atoms with van der Waals surface area (Å²) >= 11 is 5.91. The summed E-state index contributed by atoms with van der Waals surface area (Å²) in [6, 6.07) is 5.46. The van der Waals surface area contributed by atoms with Gasteiger partial charge in [-0.1, -0.05) is 23.7 Å². The normalized spacial score (nSPS) is 31.6. The molecule has 2 aliphatic rings. The molecule has 1 N–H and O–H groups in total. The first-order chi connectivity index (χ1) is 6.70. The summed E-state index contributed by atoms with van der Waals surface area (Å²) in [5, 5.41) is 9.41. The standard InChI is InChI=1S/C10H7ClO3/c11-5-3-1-2-4-6-7(10(12)13)9(6)14-8(4)5/h1-3,6-7,9H,(H,12,13)/t6-,7-,9-/m1/s1. The molecule has 1 aliphatic carbocycles. The average Bonchev–Trinajstić information content (AvgIpc) is 2.73. The maximum atomic E-state index is 10.8. The van der Waals surface area contributed by atoms with E-state index in [-0.39, 0.29) is 17.9 Å². The third kappa shape index (κ3) is 0.852. The molecule has 4 heteroatoms. The molecule has 72 valence electrons. The molecule has 0 radical (unpaired) electrons. The number of ether oxygens (including phenoxy) is 1. The second kappa shape index (κ2) is 2.42. The molecule has 3 atom stereocenters. The molecule has 3 rings (SSSR count). The Kier molecular flexibility index (Phi) is 1.40. The van der Waals surface area contributed by atoms with Gasteiger partial charge in [-0.2, -0.15) is 0 Å². The zero-order valence-corrected chi connectivity index (χ0v) is 7.86. The van der Waals surface area contributed by atoms with Crippen LogP contribution in [-0.2, 0) is 4.79 Å². The summed E-state index contributed by atoms with van der Waals surface area (Å²) < 4.78 is 5.47. The van der Waals surface area contributed by atoms with Gasteiger partial charge in [0.2, 0.25) is 0 Å². The predicted octanol–water partition coefficient (Wildman–Crippen LogP) is 1.90. The molecule has 0 amide bonds. The lowest BCUT2D eigenvalue weighted by Gasteiger charge is -2.06. The third-order valence-corrected chi connectivity index (χ3v) is 3.15. The fraction of sp³-hybridized carbons (Fsp3) is 0.300. The van der Waals surface area contributed by atoms with Crippen LogP contribution in [0.2, 0.25) is 5.02 Å². The van der Waals surface area contributed by atoms with E-state index < -0.39 is 5.97 Å². The number of aliphatic carboxylic acids is 1. The molecule has 0 saturated heterocycles. The summed E-state index contributed by atoms with van der Waals surface area (Å²) in [7, 11) is 0. The minimum atomic E-state index is -0.786. The van der Waals surface area contributed by atoms with Gasteiger partial charge in [0.15, 0.2) is 0 Å². The van der Waals surface area contributed by atoms with Crippen LogP contribution in [0, 0.1) is 5.92 Å². The van der Waals surface area contributed by atoms with E-state index in [4.69, 9.17) is 21.4 Å². The minimum Gasteiger partial charge on any atom is -0.487 e. The summed E-state index contributed by atoms with van der Waals surface area (Å²) in [5.41, 5.74) is 0.940. The maximum absolute atomic E-state index is 10.8. The van der Waals surface area contributed by atoms with Gasteiger partial charge in [0, 0.05) is 11.5 Å². The zero-order chi connectivity index (χ0) is 9.87. The van der Waals surface area contributed by atoms with Gasteiger partial charge >= 0.3 is 5.97 Å². The Bertz CT molecular complexity index is 429. The van der Waals surface area contributed by atoms with Crippen molar-refractivity contribution in [3.05, 3.63) is 28.8 Å². The Morgan fingerprint density at radius 3 is 3.00 bits per heavy atom. The Morgan fingerprint density at radius 2 is 2.29 bits per heavy atom. The number of carboxylic acids is 1. The van der Waals surface area contributed by atoms with E-state index in [1.807, 2.05) is 12.1 Å². The molecule has 1 heterocycles. The number of hydrogen-bond donors (Lipinski definition) is 1. The molecule has 1 aromatic rings. The third-order valence-electron chi connectivity index (χ3n) is 2.85. The Balaban J connectivity index is 2.03. The van der Waals surface area contributed by atoms with Gasteiger partial charge in [0.05, 0.1) is 5.02 Å². The van der Waals surface area contributed by atoms with Crippen molar-refractivity contribution < 1.29 is 14.6 Å². The molecule has 1 fully saturated rings. The molecular weight excluding hydrogens is 204 g/mol. The van der Waals surface area contributed by atoms with E-state index >= 15 is 0 Å². The summed E-state index contributed by atoms with van der Waals surface area (Å²) in [6.07, 6.45) is -0.192. The summed E-state index contributed by atoms with van der Waals surface area (Å²) in [4.78, 5) is 10.8. The van der Waals surface area contributed by atoms with Gasteiger partial charge in [-0.3, -0.25) is 4.79 Å². The largest absolute Gasteiger partial charge is 0.487 e. The van der Waals surface area contributed by atoms with Crippen molar-refractivity contribution in [2.75, 3.05) is 0 Å². The van der Waals surface area contributed by atoms with Crippen molar-refractivity contribution in [3.63, 3.8) is 0 Å². The van der Waals surface area contributed by atoms with Crippen LogP contribution < -0.4 is 4.74 Å². The first kappa shape index (κ1) is 8.12.